The van der Waals surface area contributed by atoms with Crippen molar-refractivity contribution in [3.63, 3.8) is 0 Å². The first-order valence-corrected chi connectivity index (χ1v) is 10.1. The molecule has 0 fully saturated rings. The smallest absolute Gasteiger partial charge is 0.272 e. The molecule has 134 valence electrons. The Kier molecular flexibility index (Phi) is 5.48. The summed E-state index contributed by atoms with van der Waals surface area (Å²) < 4.78 is 1.44. The third-order valence-corrected chi connectivity index (χ3v) is 6.11. The van der Waals surface area contributed by atoms with Gasteiger partial charge in [-0.3, -0.25) is 9.59 Å². The van der Waals surface area contributed by atoms with Crippen molar-refractivity contribution in [2.24, 2.45) is 0 Å². The molecule has 0 unspecified atom stereocenters. The summed E-state index contributed by atoms with van der Waals surface area (Å²) in [5.41, 5.74) is 1.21. The Morgan fingerprint density at radius 2 is 1.50 bits per heavy atom. The number of allylic oxidation sites excluding steroid dienone is 1. The van der Waals surface area contributed by atoms with E-state index in [2.05, 4.69) is 74.4 Å². The Bertz CT molecular complexity index is 981. The first-order chi connectivity index (χ1) is 12.2. The molecule has 0 aromatic heterocycles. The number of carbonyl (C=O) groups is 2. The lowest BCUT2D eigenvalue weighted by molar-refractivity contribution is -0.112. The van der Waals surface area contributed by atoms with Crippen LogP contribution >= 0.6 is 63.7 Å². The molecule has 3 rings (SSSR count). The highest BCUT2D eigenvalue weighted by Gasteiger charge is 2.25. The molecular weight excluding hydrogens is 604 g/mol. The Morgan fingerprint density at radius 1 is 0.923 bits per heavy atom. The van der Waals surface area contributed by atoms with Gasteiger partial charge >= 0.3 is 0 Å². The molecule has 0 saturated carbocycles. The molecule has 1 amide bonds. The number of halogens is 4. The lowest BCUT2D eigenvalue weighted by Gasteiger charge is -2.23. The lowest BCUT2D eigenvalue weighted by atomic mass is 10.1. The molecule has 1 heterocycles. The van der Waals surface area contributed by atoms with Gasteiger partial charge in [0, 0.05) is 11.6 Å². The molecule has 6 nitrogen and oxygen atoms in total. The molecule has 1 aliphatic rings. The van der Waals surface area contributed by atoms with Crippen molar-refractivity contribution in [3.05, 3.63) is 53.4 Å². The fourth-order valence-electron chi connectivity index (χ4n) is 2.24. The van der Waals surface area contributed by atoms with Crippen LogP contribution in [-0.2, 0) is 4.79 Å². The fraction of sp³-hybridized carbons (Fsp3) is 0. The number of carbonyl (C=O) groups excluding carboxylic acids is 2. The number of nitrogens with one attached hydrogen (secondary N) is 2. The van der Waals surface area contributed by atoms with Gasteiger partial charge in [-0.2, -0.15) is 0 Å². The fourth-order valence-corrected chi connectivity index (χ4v) is 4.64. The first kappa shape index (κ1) is 19.4. The van der Waals surface area contributed by atoms with Crippen LogP contribution < -0.4 is 10.6 Å². The van der Waals surface area contributed by atoms with E-state index in [4.69, 9.17) is 0 Å². The van der Waals surface area contributed by atoms with Gasteiger partial charge in [-0.1, -0.05) is 0 Å². The van der Waals surface area contributed by atoms with Gasteiger partial charge in [0.2, 0.25) is 0 Å². The molecule has 0 spiro atoms. The van der Waals surface area contributed by atoms with E-state index < -0.39 is 11.7 Å². The van der Waals surface area contributed by atoms with E-state index in [1.165, 1.54) is 12.1 Å². The third kappa shape index (κ3) is 3.55. The van der Waals surface area contributed by atoms with Crippen molar-refractivity contribution in [1.82, 2.24) is 0 Å². The van der Waals surface area contributed by atoms with Crippen LogP contribution in [0, 0.1) is 0 Å². The number of hydrogen-bond acceptors (Lipinski definition) is 5. The van der Waals surface area contributed by atoms with Gasteiger partial charge in [0.25, 0.3) is 5.91 Å². The summed E-state index contributed by atoms with van der Waals surface area (Å²) in [5, 5.41) is 25.2. The van der Waals surface area contributed by atoms with E-state index in [1.807, 2.05) is 0 Å². The quantitative estimate of drug-likeness (QED) is 0.211. The number of aromatic hydroxyl groups is 2. The highest BCUT2D eigenvalue weighted by atomic mass is 79.9. The third-order valence-electron chi connectivity index (χ3n) is 3.52. The van der Waals surface area contributed by atoms with Crippen molar-refractivity contribution in [2.75, 3.05) is 10.6 Å². The summed E-state index contributed by atoms with van der Waals surface area (Å²) >= 11 is 12.8. The van der Waals surface area contributed by atoms with Crippen LogP contribution in [0.15, 0.2) is 47.9 Å². The molecular formula is C16H8Br4N2O4. The highest BCUT2D eigenvalue weighted by Crippen LogP contribution is 2.45. The molecule has 4 N–H and O–H groups in total. The Hall–Kier alpha value is -1.36. The van der Waals surface area contributed by atoms with Crippen molar-refractivity contribution < 1.29 is 19.8 Å². The van der Waals surface area contributed by atoms with E-state index in [9.17, 15) is 19.8 Å². The number of rotatable bonds is 2. The van der Waals surface area contributed by atoms with Crippen LogP contribution in [0.4, 0.5) is 11.4 Å². The zero-order valence-electron chi connectivity index (χ0n) is 12.5. The van der Waals surface area contributed by atoms with E-state index >= 15 is 0 Å². The second-order valence-corrected chi connectivity index (χ2v) is 8.59. The molecule has 2 aromatic rings. The maximum Gasteiger partial charge on any atom is 0.272 e. The SMILES string of the molecule is O=C1Nc2c(cc(Br)c(O)c2Br)NC1=CC(=O)c1cc(Br)c(O)c(Br)c1. The van der Waals surface area contributed by atoms with E-state index in [-0.39, 0.29) is 22.8 Å². The van der Waals surface area contributed by atoms with Gasteiger partial charge in [0.1, 0.15) is 17.2 Å². The Balaban J connectivity index is 1.98. The average Bonchev–Trinajstić information content (AvgIpc) is 2.59. The number of hydrogen-bond donors (Lipinski definition) is 4. The number of benzene rings is 2. The lowest BCUT2D eigenvalue weighted by Crippen LogP contribution is -2.26. The van der Waals surface area contributed by atoms with E-state index in [0.29, 0.717) is 29.3 Å². The number of phenolic OH excluding ortho intramolecular Hbond substituents is 2. The summed E-state index contributed by atoms with van der Waals surface area (Å²) in [5.74, 6) is -1.02. The van der Waals surface area contributed by atoms with Crippen LogP contribution in [0.5, 0.6) is 11.5 Å². The van der Waals surface area contributed by atoms with Crippen LogP contribution in [0.1, 0.15) is 10.4 Å². The first-order valence-electron chi connectivity index (χ1n) is 6.92. The maximum atomic E-state index is 12.5. The van der Waals surface area contributed by atoms with Gasteiger partial charge in [-0.25, -0.2) is 0 Å². The van der Waals surface area contributed by atoms with Crippen molar-refractivity contribution in [3.8, 4) is 11.5 Å². The molecule has 26 heavy (non-hydrogen) atoms. The number of amides is 1. The van der Waals surface area contributed by atoms with Crippen LogP contribution in [0.2, 0.25) is 0 Å². The molecule has 2 aromatic carbocycles. The van der Waals surface area contributed by atoms with Crippen molar-refractivity contribution >= 4 is 86.8 Å². The summed E-state index contributed by atoms with van der Waals surface area (Å²) in [6, 6.07) is 4.50. The second-order valence-electron chi connectivity index (χ2n) is 5.23. The van der Waals surface area contributed by atoms with Crippen LogP contribution in [0.25, 0.3) is 0 Å². The molecule has 0 saturated heterocycles. The minimum Gasteiger partial charge on any atom is -0.506 e. The number of phenols is 2. The minimum absolute atomic E-state index is 0.0221. The number of anilines is 2. The Labute approximate surface area is 181 Å². The van der Waals surface area contributed by atoms with Gasteiger partial charge in [-0.05, 0) is 81.9 Å². The van der Waals surface area contributed by atoms with E-state index in [0.717, 1.165) is 6.08 Å². The van der Waals surface area contributed by atoms with Crippen LogP contribution in [0.3, 0.4) is 0 Å². The average molecular weight is 612 g/mol. The van der Waals surface area contributed by atoms with Gasteiger partial charge in [-0.15, -0.1) is 0 Å². The molecule has 0 radical (unpaired) electrons. The maximum absolute atomic E-state index is 12.5. The van der Waals surface area contributed by atoms with Gasteiger partial charge in [0.15, 0.2) is 5.78 Å². The van der Waals surface area contributed by atoms with Crippen LogP contribution in [-0.4, -0.2) is 21.9 Å². The van der Waals surface area contributed by atoms with E-state index in [1.54, 1.807) is 6.07 Å². The molecule has 1 aliphatic heterocycles. The summed E-state index contributed by atoms with van der Waals surface area (Å²) in [6.45, 7) is 0. The largest absolute Gasteiger partial charge is 0.506 e. The molecule has 10 heteroatoms. The zero-order chi connectivity index (χ0) is 19.2. The molecule has 0 atom stereocenters. The Morgan fingerprint density at radius 3 is 2.12 bits per heavy atom. The standard InChI is InChI=1S/C16H8Br4N2O4/c17-6-1-5(2-7(18)14(6)24)11(23)4-10-16(26)22-13-9(21-10)3-8(19)15(25)12(13)20/h1-4,21,24-25H,(H,22,26). The predicted molar refractivity (Wildman–Crippen MR) is 112 cm³/mol. The van der Waals surface area contributed by atoms with Crippen molar-refractivity contribution in [2.45, 2.75) is 0 Å². The molecule has 0 bridgehead atoms. The number of ketones is 1. The van der Waals surface area contributed by atoms with Gasteiger partial charge < -0.3 is 20.8 Å². The number of fused-ring (bicyclic) bond motifs is 1. The zero-order valence-corrected chi connectivity index (χ0v) is 18.9. The monoisotopic (exact) mass is 608 g/mol. The minimum atomic E-state index is -0.523. The topological polar surface area (TPSA) is 98.7 Å². The summed E-state index contributed by atoms with van der Waals surface area (Å²) in [4.78, 5) is 24.8. The van der Waals surface area contributed by atoms with Crippen molar-refractivity contribution in [1.29, 1.82) is 0 Å². The second kappa shape index (κ2) is 7.34. The molecule has 0 aliphatic carbocycles. The van der Waals surface area contributed by atoms with Gasteiger partial charge in [0.05, 0.1) is 29.3 Å². The summed E-state index contributed by atoms with van der Waals surface area (Å²) in [7, 11) is 0. The normalized spacial score (nSPS) is 14.6. The predicted octanol–water partition coefficient (Wildman–Crippen LogP) is 5.28. The summed E-state index contributed by atoms with van der Waals surface area (Å²) in [6.07, 6.45) is 1.16. The highest BCUT2D eigenvalue weighted by molar-refractivity contribution is 9.11.